The molecule has 1 amide bonds. The zero-order valence-electron chi connectivity index (χ0n) is 24.0. The fourth-order valence-corrected chi connectivity index (χ4v) is 6.35. The van der Waals surface area contributed by atoms with Gasteiger partial charge in [-0.2, -0.15) is 0 Å². The standard InChI is InChI=1S/C33H38N4O5/c1-21-30(19-36-16-14-27(15-17-36)37-29-9-4-3-8-28(29)35-33(37)40)41-32(25-6-5-7-26(18-25)34-22(2)39)42-31(21)24-12-10-23(20-38)11-13-24/h3-13,18,21,27,30-32,38H,14-17,19-20H2,1-2H3,(H,34,39)(H,35,40)/t21-,30+,31+,32+/m1/s1. The predicted molar refractivity (Wildman–Crippen MR) is 161 cm³/mol. The molecule has 2 fully saturated rings. The van der Waals surface area contributed by atoms with Crippen molar-refractivity contribution in [1.82, 2.24) is 14.5 Å². The number of ether oxygens (including phenoxy) is 2. The van der Waals surface area contributed by atoms with Gasteiger partial charge in [-0.25, -0.2) is 4.79 Å². The molecule has 0 spiro atoms. The molecule has 3 N–H and O–H groups in total. The van der Waals surface area contributed by atoms with Crippen molar-refractivity contribution >= 4 is 22.6 Å². The summed E-state index contributed by atoms with van der Waals surface area (Å²) in [5, 5.41) is 12.4. The van der Waals surface area contributed by atoms with Gasteiger partial charge in [-0.15, -0.1) is 0 Å². The van der Waals surface area contributed by atoms with Gasteiger partial charge in [0.05, 0.1) is 29.8 Å². The minimum absolute atomic E-state index is 0.00765. The van der Waals surface area contributed by atoms with Crippen molar-refractivity contribution in [1.29, 1.82) is 0 Å². The number of hydrogen-bond donors (Lipinski definition) is 3. The number of anilines is 1. The zero-order chi connectivity index (χ0) is 29.2. The second-order valence-electron chi connectivity index (χ2n) is 11.5. The number of aliphatic hydroxyl groups is 1. The van der Waals surface area contributed by atoms with E-state index in [1.807, 2.05) is 77.4 Å². The van der Waals surface area contributed by atoms with Crippen molar-refractivity contribution in [2.75, 3.05) is 25.0 Å². The molecule has 0 radical (unpaired) electrons. The minimum Gasteiger partial charge on any atom is -0.392 e. The van der Waals surface area contributed by atoms with Crippen LogP contribution in [-0.2, 0) is 20.9 Å². The Labute approximate surface area is 245 Å². The summed E-state index contributed by atoms with van der Waals surface area (Å²) < 4.78 is 15.2. The van der Waals surface area contributed by atoms with Gasteiger partial charge in [0.2, 0.25) is 5.91 Å². The Morgan fingerprint density at radius 1 is 1.00 bits per heavy atom. The Morgan fingerprint density at radius 2 is 1.76 bits per heavy atom. The summed E-state index contributed by atoms with van der Waals surface area (Å²) in [5.41, 5.74) is 5.21. The molecule has 2 aliphatic heterocycles. The summed E-state index contributed by atoms with van der Waals surface area (Å²) in [4.78, 5) is 29.9. The number of aliphatic hydroxyl groups excluding tert-OH is 1. The Balaban J connectivity index is 1.20. The van der Waals surface area contributed by atoms with Crippen LogP contribution in [-0.4, -0.2) is 51.2 Å². The lowest BCUT2D eigenvalue weighted by atomic mass is 9.89. The third kappa shape index (κ3) is 5.91. The van der Waals surface area contributed by atoms with E-state index in [9.17, 15) is 14.7 Å². The van der Waals surface area contributed by atoms with Crippen LogP contribution in [0.3, 0.4) is 0 Å². The number of likely N-dealkylation sites (tertiary alicyclic amines) is 1. The molecule has 1 aromatic heterocycles. The number of hydrogen-bond acceptors (Lipinski definition) is 6. The van der Waals surface area contributed by atoms with Crippen LogP contribution in [0.25, 0.3) is 11.0 Å². The third-order valence-electron chi connectivity index (χ3n) is 8.59. The Kier molecular flexibility index (Phi) is 8.26. The molecular formula is C33H38N4O5. The Morgan fingerprint density at radius 3 is 2.50 bits per heavy atom. The fourth-order valence-electron chi connectivity index (χ4n) is 6.35. The number of nitrogens with zero attached hydrogens (tertiary/aromatic N) is 2. The van der Waals surface area contributed by atoms with Crippen molar-refractivity contribution in [2.24, 2.45) is 5.92 Å². The lowest BCUT2D eigenvalue weighted by molar-refractivity contribution is -0.276. The molecule has 2 aliphatic rings. The number of fused-ring (bicyclic) bond motifs is 1. The maximum Gasteiger partial charge on any atom is 0.326 e. The number of aromatic nitrogens is 2. The van der Waals surface area contributed by atoms with Crippen LogP contribution in [0.15, 0.2) is 77.6 Å². The highest BCUT2D eigenvalue weighted by atomic mass is 16.7. The number of amides is 1. The lowest BCUT2D eigenvalue weighted by Crippen LogP contribution is -2.47. The summed E-state index contributed by atoms with van der Waals surface area (Å²) in [5.74, 6) is -0.0713. The van der Waals surface area contributed by atoms with Gasteiger partial charge in [-0.3, -0.25) is 9.36 Å². The highest BCUT2D eigenvalue weighted by molar-refractivity contribution is 5.88. The molecular weight excluding hydrogens is 532 g/mol. The molecule has 0 aliphatic carbocycles. The Hall–Kier alpha value is -3.76. The van der Waals surface area contributed by atoms with Crippen LogP contribution in [0.1, 0.15) is 61.8 Å². The van der Waals surface area contributed by atoms with Crippen LogP contribution < -0.4 is 11.0 Å². The number of benzene rings is 3. The Bertz CT molecular complexity index is 1590. The van der Waals surface area contributed by atoms with E-state index in [0.717, 1.165) is 60.2 Å². The fraction of sp³-hybridized carbons (Fsp3) is 0.394. The van der Waals surface area contributed by atoms with Gasteiger partial charge in [0.15, 0.2) is 6.29 Å². The largest absolute Gasteiger partial charge is 0.392 e. The third-order valence-corrected chi connectivity index (χ3v) is 8.59. The number of imidazole rings is 1. The van der Waals surface area contributed by atoms with Gasteiger partial charge in [-0.05, 0) is 48.2 Å². The van der Waals surface area contributed by atoms with E-state index in [1.54, 1.807) is 0 Å². The molecule has 9 heteroatoms. The van der Waals surface area contributed by atoms with Crippen LogP contribution >= 0.6 is 0 Å². The van der Waals surface area contributed by atoms with Crippen LogP contribution in [0.2, 0.25) is 0 Å². The zero-order valence-corrected chi connectivity index (χ0v) is 24.0. The highest BCUT2D eigenvalue weighted by Crippen LogP contribution is 2.42. The van der Waals surface area contributed by atoms with Crippen molar-refractivity contribution < 1.29 is 19.4 Å². The predicted octanol–water partition coefficient (Wildman–Crippen LogP) is 4.91. The molecule has 2 saturated heterocycles. The number of H-pyrrole nitrogens is 1. The molecule has 9 nitrogen and oxygen atoms in total. The number of carbonyl (C=O) groups excluding carboxylic acids is 1. The first-order valence-corrected chi connectivity index (χ1v) is 14.7. The van der Waals surface area contributed by atoms with E-state index in [1.165, 1.54) is 6.92 Å². The smallest absolute Gasteiger partial charge is 0.326 e. The molecule has 0 saturated carbocycles. The van der Waals surface area contributed by atoms with E-state index in [0.29, 0.717) is 5.69 Å². The van der Waals surface area contributed by atoms with E-state index in [-0.39, 0.29) is 42.4 Å². The van der Waals surface area contributed by atoms with Gasteiger partial charge >= 0.3 is 5.69 Å². The number of rotatable bonds is 7. The van der Waals surface area contributed by atoms with Gasteiger partial charge in [0, 0.05) is 49.8 Å². The molecule has 42 heavy (non-hydrogen) atoms. The van der Waals surface area contributed by atoms with Gasteiger partial charge in [-0.1, -0.05) is 55.5 Å². The lowest BCUT2D eigenvalue weighted by Gasteiger charge is -2.44. The molecule has 0 unspecified atom stereocenters. The normalized spacial score (nSPS) is 23.7. The first-order valence-electron chi connectivity index (χ1n) is 14.7. The number of para-hydroxylation sites is 2. The van der Waals surface area contributed by atoms with Crippen molar-refractivity contribution in [3.05, 3.63) is 100.0 Å². The van der Waals surface area contributed by atoms with Crippen LogP contribution in [0.4, 0.5) is 5.69 Å². The minimum atomic E-state index is -0.607. The quantitative estimate of drug-likeness (QED) is 0.291. The molecule has 4 aromatic rings. The average molecular weight is 571 g/mol. The second kappa shape index (κ2) is 12.2. The number of carbonyl (C=O) groups is 1. The molecule has 220 valence electrons. The number of nitrogens with one attached hydrogen (secondary N) is 2. The van der Waals surface area contributed by atoms with Gasteiger partial charge in [0.25, 0.3) is 0 Å². The van der Waals surface area contributed by atoms with E-state index in [2.05, 4.69) is 22.1 Å². The highest BCUT2D eigenvalue weighted by Gasteiger charge is 2.39. The first-order chi connectivity index (χ1) is 20.4. The summed E-state index contributed by atoms with van der Waals surface area (Å²) in [6.45, 7) is 6.12. The number of piperidine rings is 1. The SMILES string of the molecule is CC(=O)Nc1cccc([C@H]2O[C@@H](CN3CCC(n4c(=O)[nH]c5ccccc54)CC3)[C@@H](C)[C@@H](c3ccc(CO)cc3)O2)c1. The summed E-state index contributed by atoms with van der Waals surface area (Å²) in [6, 6.07) is 23.5. The van der Waals surface area contributed by atoms with Crippen molar-refractivity contribution in [3.63, 3.8) is 0 Å². The van der Waals surface area contributed by atoms with Gasteiger partial charge in [0.1, 0.15) is 0 Å². The molecule has 3 aromatic carbocycles. The maximum atomic E-state index is 12.8. The van der Waals surface area contributed by atoms with E-state index < -0.39 is 6.29 Å². The number of aromatic amines is 1. The van der Waals surface area contributed by atoms with Crippen molar-refractivity contribution in [2.45, 2.75) is 57.8 Å². The topological polar surface area (TPSA) is 109 Å². The van der Waals surface area contributed by atoms with E-state index >= 15 is 0 Å². The summed E-state index contributed by atoms with van der Waals surface area (Å²) in [7, 11) is 0. The van der Waals surface area contributed by atoms with E-state index in [4.69, 9.17) is 9.47 Å². The molecule has 0 bridgehead atoms. The maximum absolute atomic E-state index is 12.8. The van der Waals surface area contributed by atoms with Crippen molar-refractivity contribution in [3.8, 4) is 0 Å². The average Bonchev–Trinajstić information content (AvgIpc) is 3.34. The monoisotopic (exact) mass is 570 g/mol. The summed E-state index contributed by atoms with van der Waals surface area (Å²) in [6.07, 6.45) is 0.836. The summed E-state index contributed by atoms with van der Waals surface area (Å²) >= 11 is 0. The first kappa shape index (κ1) is 28.4. The molecule has 4 atom stereocenters. The van der Waals surface area contributed by atoms with Gasteiger partial charge < -0.3 is 29.8 Å². The second-order valence-corrected chi connectivity index (χ2v) is 11.5. The van der Waals surface area contributed by atoms with Crippen LogP contribution in [0.5, 0.6) is 0 Å². The van der Waals surface area contributed by atoms with Crippen LogP contribution in [0, 0.1) is 5.92 Å². The molecule has 3 heterocycles. The molecule has 6 rings (SSSR count).